The Balaban J connectivity index is 1.74. The Morgan fingerprint density at radius 3 is 3.05 bits per heavy atom. The van der Waals surface area contributed by atoms with Crippen LogP contribution < -0.4 is 5.32 Å². The van der Waals surface area contributed by atoms with Crippen LogP contribution in [0.1, 0.15) is 19.3 Å². The molecular weight excluding hydrogens is 278 g/mol. The van der Waals surface area contributed by atoms with Crippen molar-refractivity contribution in [2.75, 3.05) is 13.2 Å². The Hall–Kier alpha value is -1.80. The zero-order valence-corrected chi connectivity index (χ0v) is 11.8. The van der Waals surface area contributed by atoms with Crippen LogP contribution in [0.4, 0.5) is 0 Å². The van der Waals surface area contributed by atoms with Gasteiger partial charge in [0.1, 0.15) is 6.54 Å². The van der Waals surface area contributed by atoms with Crippen LogP contribution in [0.15, 0.2) is 17.5 Å². The molecule has 0 aromatic carbocycles. The van der Waals surface area contributed by atoms with Crippen LogP contribution in [0.25, 0.3) is 10.7 Å². The van der Waals surface area contributed by atoms with Gasteiger partial charge in [0.15, 0.2) is 0 Å². The predicted octanol–water partition coefficient (Wildman–Crippen LogP) is 0.680. The van der Waals surface area contributed by atoms with Gasteiger partial charge in [-0.1, -0.05) is 6.07 Å². The highest BCUT2D eigenvalue weighted by Crippen LogP contribution is 2.19. The quantitative estimate of drug-likeness (QED) is 0.699. The van der Waals surface area contributed by atoms with Gasteiger partial charge in [-0.05, 0) is 35.9 Å². The molecule has 20 heavy (non-hydrogen) atoms. The Bertz CT molecular complexity index is 526. The van der Waals surface area contributed by atoms with Crippen molar-refractivity contribution < 1.29 is 9.90 Å². The van der Waals surface area contributed by atoms with Gasteiger partial charge in [-0.3, -0.25) is 4.79 Å². The topological polar surface area (TPSA) is 92.9 Å². The van der Waals surface area contributed by atoms with Gasteiger partial charge in [-0.2, -0.15) is 4.80 Å². The maximum absolute atomic E-state index is 11.7. The second-order valence-electron chi connectivity index (χ2n) is 4.25. The standard InChI is InChI=1S/C12H17N5O2S/c18-7-3-1-2-6-13-11(19)9-17-15-12(14-16-17)10-5-4-8-20-10/h4-5,8,18H,1-3,6-7,9H2,(H,13,19). The van der Waals surface area contributed by atoms with Crippen molar-refractivity contribution in [3.8, 4) is 10.7 Å². The fourth-order valence-electron chi connectivity index (χ4n) is 1.64. The minimum atomic E-state index is -0.135. The number of unbranched alkanes of at least 4 members (excludes halogenated alkanes) is 2. The summed E-state index contributed by atoms with van der Waals surface area (Å²) < 4.78 is 0. The first-order valence-corrected chi connectivity index (χ1v) is 7.37. The fourth-order valence-corrected chi connectivity index (χ4v) is 2.29. The summed E-state index contributed by atoms with van der Waals surface area (Å²) >= 11 is 1.53. The molecule has 0 saturated heterocycles. The normalized spacial score (nSPS) is 10.7. The minimum absolute atomic E-state index is 0.0678. The van der Waals surface area contributed by atoms with Crippen LogP contribution in [0.2, 0.25) is 0 Å². The lowest BCUT2D eigenvalue weighted by atomic mass is 10.2. The van der Waals surface area contributed by atoms with E-state index < -0.39 is 0 Å². The lowest BCUT2D eigenvalue weighted by molar-refractivity contribution is -0.122. The van der Waals surface area contributed by atoms with Gasteiger partial charge < -0.3 is 10.4 Å². The number of hydrogen-bond acceptors (Lipinski definition) is 6. The molecule has 0 radical (unpaired) electrons. The molecule has 0 atom stereocenters. The number of carbonyl (C=O) groups excluding carboxylic acids is 1. The first-order valence-electron chi connectivity index (χ1n) is 6.49. The Morgan fingerprint density at radius 1 is 1.40 bits per heavy atom. The molecule has 2 N–H and O–H groups in total. The highest BCUT2D eigenvalue weighted by Gasteiger charge is 2.09. The summed E-state index contributed by atoms with van der Waals surface area (Å²) in [5.74, 6) is 0.403. The number of carbonyl (C=O) groups is 1. The summed E-state index contributed by atoms with van der Waals surface area (Å²) in [4.78, 5) is 13.9. The smallest absolute Gasteiger partial charge is 0.243 e. The van der Waals surface area contributed by atoms with Crippen LogP contribution in [0, 0.1) is 0 Å². The number of tetrazole rings is 1. The third-order valence-electron chi connectivity index (χ3n) is 2.64. The third-order valence-corrected chi connectivity index (χ3v) is 3.50. The van der Waals surface area contributed by atoms with Crippen LogP contribution in [-0.4, -0.2) is 44.4 Å². The average Bonchev–Trinajstić information content (AvgIpc) is 3.08. The SMILES string of the molecule is O=C(Cn1nnc(-c2cccs2)n1)NCCCCCO. The second kappa shape index (κ2) is 7.71. The number of rotatable bonds is 8. The number of thiophene rings is 1. The van der Waals surface area contributed by atoms with E-state index in [4.69, 9.17) is 5.11 Å². The van der Waals surface area contributed by atoms with Crippen LogP contribution in [0.5, 0.6) is 0 Å². The van der Waals surface area contributed by atoms with E-state index in [1.165, 1.54) is 16.1 Å². The predicted molar refractivity (Wildman–Crippen MR) is 75.1 cm³/mol. The van der Waals surface area contributed by atoms with Crippen LogP contribution >= 0.6 is 11.3 Å². The number of nitrogens with one attached hydrogen (secondary N) is 1. The summed E-state index contributed by atoms with van der Waals surface area (Å²) in [6.45, 7) is 0.867. The van der Waals surface area contributed by atoms with Crippen molar-refractivity contribution in [3.05, 3.63) is 17.5 Å². The van der Waals surface area contributed by atoms with Crippen molar-refractivity contribution in [1.82, 2.24) is 25.5 Å². The first-order chi connectivity index (χ1) is 9.79. The molecule has 2 rings (SSSR count). The molecule has 0 saturated carbocycles. The van der Waals surface area contributed by atoms with E-state index in [0.29, 0.717) is 12.4 Å². The summed E-state index contributed by atoms with van der Waals surface area (Å²) in [6.07, 6.45) is 2.53. The molecule has 2 aromatic rings. The summed E-state index contributed by atoms with van der Waals surface area (Å²) in [5.41, 5.74) is 0. The van der Waals surface area contributed by atoms with Crippen molar-refractivity contribution in [3.63, 3.8) is 0 Å². The third kappa shape index (κ3) is 4.39. The molecule has 7 nitrogen and oxygen atoms in total. The van der Waals surface area contributed by atoms with Crippen molar-refractivity contribution >= 4 is 17.2 Å². The van der Waals surface area contributed by atoms with E-state index in [1.807, 2.05) is 17.5 Å². The van der Waals surface area contributed by atoms with Crippen molar-refractivity contribution in [1.29, 1.82) is 0 Å². The Labute approximate surface area is 120 Å². The molecule has 8 heteroatoms. The summed E-state index contributed by atoms with van der Waals surface area (Å²) in [7, 11) is 0. The zero-order chi connectivity index (χ0) is 14.2. The number of aliphatic hydroxyl groups excluding tert-OH is 1. The molecule has 0 aliphatic rings. The zero-order valence-electron chi connectivity index (χ0n) is 11.0. The Morgan fingerprint density at radius 2 is 2.30 bits per heavy atom. The Kier molecular flexibility index (Phi) is 5.63. The first kappa shape index (κ1) is 14.6. The number of aromatic nitrogens is 4. The fraction of sp³-hybridized carbons (Fsp3) is 0.500. The number of hydrogen-bond donors (Lipinski definition) is 2. The van der Waals surface area contributed by atoms with Crippen LogP contribution in [0.3, 0.4) is 0 Å². The molecule has 0 aliphatic carbocycles. The van der Waals surface area contributed by atoms with Gasteiger partial charge in [0.05, 0.1) is 4.88 Å². The van der Waals surface area contributed by atoms with Crippen molar-refractivity contribution in [2.24, 2.45) is 0 Å². The molecule has 2 heterocycles. The number of aliphatic hydroxyl groups is 1. The molecule has 0 spiro atoms. The molecule has 0 unspecified atom stereocenters. The molecule has 0 aliphatic heterocycles. The molecule has 0 bridgehead atoms. The van der Waals surface area contributed by atoms with Gasteiger partial charge in [-0.15, -0.1) is 21.5 Å². The molecule has 2 aromatic heterocycles. The monoisotopic (exact) mass is 295 g/mol. The number of amides is 1. The van der Waals surface area contributed by atoms with E-state index in [1.54, 1.807) is 0 Å². The van der Waals surface area contributed by atoms with Gasteiger partial charge in [-0.25, -0.2) is 0 Å². The van der Waals surface area contributed by atoms with E-state index in [0.717, 1.165) is 24.1 Å². The van der Waals surface area contributed by atoms with E-state index >= 15 is 0 Å². The summed E-state index contributed by atoms with van der Waals surface area (Å²) in [6, 6.07) is 3.83. The highest BCUT2D eigenvalue weighted by molar-refractivity contribution is 7.13. The van der Waals surface area contributed by atoms with Crippen molar-refractivity contribution in [2.45, 2.75) is 25.8 Å². The molecule has 1 amide bonds. The average molecular weight is 295 g/mol. The number of nitrogens with zero attached hydrogens (tertiary/aromatic N) is 4. The van der Waals surface area contributed by atoms with Gasteiger partial charge in [0.2, 0.25) is 11.7 Å². The largest absolute Gasteiger partial charge is 0.396 e. The maximum atomic E-state index is 11.7. The highest BCUT2D eigenvalue weighted by atomic mass is 32.1. The second-order valence-corrected chi connectivity index (χ2v) is 5.20. The van der Waals surface area contributed by atoms with E-state index in [9.17, 15) is 4.79 Å². The van der Waals surface area contributed by atoms with Gasteiger partial charge in [0, 0.05) is 13.2 Å². The lowest BCUT2D eigenvalue weighted by Gasteiger charge is -2.03. The van der Waals surface area contributed by atoms with Gasteiger partial charge in [0.25, 0.3) is 0 Å². The van der Waals surface area contributed by atoms with Gasteiger partial charge >= 0.3 is 0 Å². The van der Waals surface area contributed by atoms with Crippen LogP contribution in [-0.2, 0) is 11.3 Å². The maximum Gasteiger partial charge on any atom is 0.243 e. The molecule has 108 valence electrons. The molecule has 0 fully saturated rings. The summed E-state index contributed by atoms with van der Waals surface area (Å²) in [5, 5.41) is 25.3. The van der Waals surface area contributed by atoms with E-state index in [-0.39, 0.29) is 19.1 Å². The van der Waals surface area contributed by atoms with E-state index in [2.05, 4.69) is 20.7 Å². The lowest BCUT2D eigenvalue weighted by Crippen LogP contribution is -2.29. The molecular formula is C12H17N5O2S. The minimum Gasteiger partial charge on any atom is -0.396 e.